The van der Waals surface area contributed by atoms with Crippen LogP contribution < -0.4 is 5.32 Å². The quantitative estimate of drug-likeness (QED) is 0.771. The topological polar surface area (TPSA) is 93.0 Å². The molecule has 0 radical (unpaired) electrons. The van der Waals surface area contributed by atoms with Gasteiger partial charge in [0.05, 0.1) is 6.54 Å². The summed E-state index contributed by atoms with van der Waals surface area (Å²) in [6.07, 6.45) is 4.90. The second-order valence-electron chi connectivity index (χ2n) is 8.34. The molecule has 0 saturated heterocycles. The summed E-state index contributed by atoms with van der Waals surface area (Å²) in [7, 11) is 1.89. The van der Waals surface area contributed by atoms with Crippen LogP contribution in [0.5, 0.6) is 0 Å². The van der Waals surface area contributed by atoms with E-state index in [9.17, 15) is 9.59 Å². The van der Waals surface area contributed by atoms with Gasteiger partial charge in [-0.15, -0.1) is 5.10 Å². The fourth-order valence-electron chi connectivity index (χ4n) is 3.90. The molecular weight excluding hydrogens is 368 g/mol. The molecule has 1 heterocycles. The monoisotopic (exact) mass is 398 g/mol. The summed E-state index contributed by atoms with van der Waals surface area (Å²) in [6, 6.07) is 7.60. The van der Waals surface area contributed by atoms with Crippen molar-refractivity contribution in [2.24, 2.45) is 11.8 Å². The van der Waals surface area contributed by atoms with Gasteiger partial charge in [0, 0.05) is 31.1 Å². The molecule has 1 N–H and O–H groups in total. The molecule has 1 aromatic heterocycles. The van der Waals surface area contributed by atoms with Crippen LogP contribution in [0.25, 0.3) is 0 Å². The number of amides is 2. The number of hydrogen-bond donors (Lipinski definition) is 1. The van der Waals surface area contributed by atoms with Gasteiger partial charge < -0.3 is 10.2 Å². The third kappa shape index (κ3) is 5.85. The van der Waals surface area contributed by atoms with Gasteiger partial charge in [0.15, 0.2) is 0 Å². The first kappa shape index (κ1) is 21.0. The number of carbonyl (C=O) groups is 2. The van der Waals surface area contributed by atoms with Crippen LogP contribution in [0.4, 0.5) is 0 Å². The molecule has 0 aliphatic heterocycles. The minimum absolute atomic E-state index is 0.0642. The van der Waals surface area contributed by atoms with Gasteiger partial charge in [-0.1, -0.05) is 26.0 Å². The zero-order valence-electron chi connectivity index (χ0n) is 17.4. The van der Waals surface area contributed by atoms with Crippen LogP contribution in [0.2, 0.25) is 0 Å². The summed E-state index contributed by atoms with van der Waals surface area (Å²) >= 11 is 0. The Labute approximate surface area is 171 Å². The van der Waals surface area contributed by atoms with Crippen molar-refractivity contribution >= 4 is 11.8 Å². The predicted octanol–water partition coefficient (Wildman–Crippen LogP) is 2.12. The van der Waals surface area contributed by atoms with Crippen molar-refractivity contribution in [1.29, 1.82) is 0 Å². The van der Waals surface area contributed by atoms with E-state index in [2.05, 4.69) is 34.7 Å². The van der Waals surface area contributed by atoms with Crippen LogP contribution in [0.3, 0.4) is 0 Å². The Morgan fingerprint density at radius 1 is 1.17 bits per heavy atom. The summed E-state index contributed by atoms with van der Waals surface area (Å²) in [5.74, 6) is 0.726. The minimum atomic E-state index is -0.0642. The lowest BCUT2D eigenvalue weighted by atomic mass is 9.85. The molecule has 0 unspecified atom stereocenters. The number of nitrogens with one attached hydrogen (secondary N) is 1. The number of rotatable bonds is 7. The highest BCUT2D eigenvalue weighted by Gasteiger charge is 2.29. The van der Waals surface area contributed by atoms with Crippen molar-refractivity contribution in [2.45, 2.75) is 52.1 Å². The zero-order chi connectivity index (χ0) is 20.8. The molecule has 156 valence electrons. The van der Waals surface area contributed by atoms with Gasteiger partial charge >= 0.3 is 0 Å². The van der Waals surface area contributed by atoms with E-state index in [1.165, 1.54) is 0 Å². The summed E-state index contributed by atoms with van der Waals surface area (Å²) in [5.41, 5.74) is 1.67. The highest BCUT2D eigenvalue weighted by Crippen LogP contribution is 2.26. The van der Waals surface area contributed by atoms with Crippen molar-refractivity contribution in [3.63, 3.8) is 0 Å². The SMILES string of the molecule is CC(C)CN(C)C(=O)C1CCC(NC(=O)c2ccc(Cn3cnnn3)cc2)CC1. The molecule has 2 aromatic rings. The first-order chi connectivity index (χ1) is 13.9. The van der Waals surface area contributed by atoms with Crippen LogP contribution >= 0.6 is 0 Å². The zero-order valence-corrected chi connectivity index (χ0v) is 17.4. The van der Waals surface area contributed by atoms with E-state index in [1.807, 2.05) is 36.2 Å². The highest BCUT2D eigenvalue weighted by atomic mass is 16.2. The molecule has 2 amide bonds. The average molecular weight is 399 g/mol. The largest absolute Gasteiger partial charge is 0.349 e. The van der Waals surface area contributed by atoms with E-state index in [0.29, 0.717) is 18.0 Å². The van der Waals surface area contributed by atoms with Crippen LogP contribution in [-0.2, 0) is 11.3 Å². The van der Waals surface area contributed by atoms with Gasteiger partial charge in [-0.2, -0.15) is 0 Å². The van der Waals surface area contributed by atoms with Gasteiger partial charge in [-0.05, 0) is 59.7 Å². The van der Waals surface area contributed by atoms with E-state index < -0.39 is 0 Å². The molecule has 0 atom stereocenters. The van der Waals surface area contributed by atoms with Gasteiger partial charge in [0.25, 0.3) is 5.91 Å². The van der Waals surface area contributed by atoms with Gasteiger partial charge in [-0.25, -0.2) is 4.68 Å². The molecule has 29 heavy (non-hydrogen) atoms. The Morgan fingerprint density at radius 3 is 2.45 bits per heavy atom. The molecule has 1 aromatic carbocycles. The van der Waals surface area contributed by atoms with Crippen LogP contribution in [0, 0.1) is 11.8 Å². The number of benzene rings is 1. The van der Waals surface area contributed by atoms with E-state index in [1.54, 1.807) is 11.0 Å². The van der Waals surface area contributed by atoms with Crippen molar-refractivity contribution in [2.75, 3.05) is 13.6 Å². The Morgan fingerprint density at radius 2 is 1.86 bits per heavy atom. The normalized spacial score (nSPS) is 19.2. The second-order valence-corrected chi connectivity index (χ2v) is 8.34. The smallest absolute Gasteiger partial charge is 0.251 e. The lowest BCUT2D eigenvalue weighted by Gasteiger charge is -2.31. The predicted molar refractivity (Wildman–Crippen MR) is 109 cm³/mol. The summed E-state index contributed by atoms with van der Waals surface area (Å²) in [5, 5.41) is 14.2. The Bertz CT molecular complexity index is 795. The van der Waals surface area contributed by atoms with Crippen molar-refractivity contribution in [1.82, 2.24) is 30.4 Å². The maximum Gasteiger partial charge on any atom is 0.251 e. The fraction of sp³-hybridized carbons (Fsp3) is 0.571. The highest BCUT2D eigenvalue weighted by molar-refractivity contribution is 5.94. The van der Waals surface area contributed by atoms with Crippen LogP contribution in [0.1, 0.15) is 55.5 Å². The maximum atomic E-state index is 12.6. The average Bonchev–Trinajstić information content (AvgIpc) is 3.21. The standard InChI is InChI=1S/C21H30N6O2/c1-15(2)12-26(3)21(29)18-8-10-19(11-9-18)23-20(28)17-6-4-16(5-7-17)13-27-14-22-24-25-27/h4-7,14-15,18-19H,8-13H2,1-3H3,(H,23,28). The molecule has 3 rings (SSSR count). The van der Waals surface area contributed by atoms with Gasteiger partial charge in [-0.3, -0.25) is 9.59 Å². The molecule has 1 aliphatic carbocycles. The van der Waals surface area contributed by atoms with Gasteiger partial charge in [0.2, 0.25) is 5.91 Å². The lowest BCUT2D eigenvalue weighted by molar-refractivity contribution is -0.135. The Hall–Kier alpha value is -2.77. The van der Waals surface area contributed by atoms with Gasteiger partial charge in [0.1, 0.15) is 6.33 Å². The van der Waals surface area contributed by atoms with E-state index in [0.717, 1.165) is 37.8 Å². The van der Waals surface area contributed by atoms with Crippen molar-refractivity contribution in [3.05, 3.63) is 41.7 Å². The summed E-state index contributed by atoms with van der Waals surface area (Å²) < 4.78 is 1.63. The van der Waals surface area contributed by atoms with Crippen molar-refractivity contribution in [3.8, 4) is 0 Å². The molecule has 0 spiro atoms. The third-order valence-corrected chi connectivity index (χ3v) is 5.38. The molecule has 1 saturated carbocycles. The number of nitrogens with zero attached hydrogens (tertiary/aromatic N) is 5. The number of aromatic nitrogens is 4. The Balaban J connectivity index is 1.46. The fourth-order valence-corrected chi connectivity index (χ4v) is 3.90. The molecule has 8 nitrogen and oxygen atoms in total. The van der Waals surface area contributed by atoms with Crippen LogP contribution in [0.15, 0.2) is 30.6 Å². The van der Waals surface area contributed by atoms with E-state index >= 15 is 0 Å². The third-order valence-electron chi connectivity index (χ3n) is 5.38. The Kier molecular flexibility index (Phi) is 6.95. The number of hydrogen-bond acceptors (Lipinski definition) is 5. The second kappa shape index (κ2) is 9.62. The molecule has 1 aliphatic rings. The van der Waals surface area contributed by atoms with Crippen molar-refractivity contribution < 1.29 is 9.59 Å². The maximum absolute atomic E-state index is 12.6. The van der Waals surface area contributed by atoms with E-state index in [-0.39, 0.29) is 23.8 Å². The molecule has 0 bridgehead atoms. The minimum Gasteiger partial charge on any atom is -0.349 e. The molecule has 8 heteroatoms. The molecular formula is C21H30N6O2. The number of tetrazole rings is 1. The lowest BCUT2D eigenvalue weighted by Crippen LogP contribution is -2.42. The number of carbonyl (C=O) groups excluding carboxylic acids is 2. The summed E-state index contributed by atoms with van der Waals surface area (Å²) in [4.78, 5) is 27.0. The summed E-state index contributed by atoms with van der Waals surface area (Å²) in [6.45, 7) is 5.60. The van der Waals surface area contributed by atoms with Crippen LogP contribution in [-0.4, -0.2) is 56.6 Å². The van der Waals surface area contributed by atoms with E-state index in [4.69, 9.17) is 0 Å². The first-order valence-corrected chi connectivity index (χ1v) is 10.3. The first-order valence-electron chi connectivity index (χ1n) is 10.3. The molecule has 1 fully saturated rings.